The lowest BCUT2D eigenvalue weighted by atomic mass is 10.2. The van der Waals surface area contributed by atoms with Gasteiger partial charge >= 0.3 is 0 Å². The number of aromatic nitrogens is 3. The van der Waals surface area contributed by atoms with E-state index < -0.39 is 9.84 Å². The van der Waals surface area contributed by atoms with Crippen LogP contribution in [0.25, 0.3) is 11.4 Å². The fourth-order valence-electron chi connectivity index (χ4n) is 2.63. The Bertz CT molecular complexity index is 829. The van der Waals surface area contributed by atoms with Crippen molar-refractivity contribution in [3.8, 4) is 17.1 Å². The topological polar surface area (TPSA) is 74.1 Å². The zero-order valence-corrected chi connectivity index (χ0v) is 15.0. The second kappa shape index (κ2) is 6.98. The van der Waals surface area contributed by atoms with Gasteiger partial charge < -0.3 is 4.74 Å². The van der Waals surface area contributed by atoms with Gasteiger partial charge in [0, 0.05) is 17.4 Å². The van der Waals surface area contributed by atoms with Crippen molar-refractivity contribution >= 4 is 21.6 Å². The van der Waals surface area contributed by atoms with Gasteiger partial charge in [-0.05, 0) is 30.7 Å². The monoisotopic (exact) mass is 365 g/mol. The largest absolute Gasteiger partial charge is 0.497 e. The normalized spacial score (nSPS) is 19.3. The van der Waals surface area contributed by atoms with Crippen molar-refractivity contribution in [3.63, 3.8) is 0 Å². The SMILES string of the molecule is C=CCn1c(SC2CCS(=O)(=O)C2)nnc1-c1ccc(OC)cc1. The fourth-order valence-corrected chi connectivity index (χ4v) is 6.12. The third-order valence-electron chi connectivity index (χ3n) is 3.84. The van der Waals surface area contributed by atoms with Crippen LogP contribution in [0.5, 0.6) is 5.75 Å². The first kappa shape index (κ1) is 17.0. The summed E-state index contributed by atoms with van der Waals surface area (Å²) in [4.78, 5) is 0. The third kappa shape index (κ3) is 3.64. The Morgan fingerprint density at radius 2 is 2.12 bits per heavy atom. The number of thioether (sulfide) groups is 1. The van der Waals surface area contributed by atoms with Gasteiger partial charge in [0.25, 0.3) is 0 Å². The quantitative estimate of drug-likeness (QED) is 0.732. The molecule has 1 aromatic heterocycles. The van der Waals surface area contributed by atoms with Gasteiger partial charge in [0.1, 0.15) is 5.75 Å². The van der Waals surface area contributed by atoms with Gasteiger partial charge in [0.2, 0.25) is 0 Å². The maximum absolute atomic E-state index is 11.6. The zero-order valence-electron chi connectivity index (χ0n) is 13.4. The van der Waals surface area contributed by atoms with Crippen LogP contribution in [-0.2, 0) is 16.4 Å². The standard InChI is InChI=1S/C16H19N3O3S2/c1-3-9-19-15(12-4-6-13(22-2)7-5-12)17-18-16(19)23-14-8-10-24(20,21)11-14/h3-7,14H,1,8-11H2,2H3. The summed E-state index contributed by atoms with van der Waals surface area (Å²) in [5.74, 6) is 1.97. The molecular formula is C16H19N3O3S2. The molecule has 3 rings (SSSR count). The summed E-state index contributed by atoms with van der Waals surface area (Å²) >= 11 is 1.48. The van der Waals surface area contributed by atoms with Crippen molar-refractivity contribution < 1.29 is 13.2 Å². The molecule has 1 atom stereocenters. The van der Waals surface area contributed by atoms with Crippen molar-refractivity contribution in [2.24, 2.45) is 0 Å². The molecule has 1 aliphatic heterocycles. The summed E-state index contributed by atoms with van der Waals surface area (Å²) < 4.78 is 30.4. The second-order valence-corrected chi connectivity index (χ2v) is 9.07. The van der Waals surface area contributed by atoms with Crippen LogP contribution in [0.3, 0.4) is 0 Å². The molecule has 8 heteroatoms. The van der Waals surface area contributed by atoms with E-state index in [1.54, 1.807) is 13.2 Å². The molecule has 0 aliphatic carbocycles. The molecule has 1 aliphatic rings. The summed E-state index contributed by atoms with van der Waals surface area (Å²) in [6, 6.07) is 7.60. The summed E-state index contributed by atoms with van der Waals surface area (Å²) in [5.41, 5.74) is 0.927. The molecular weight excluding hydrogens is 346 g/mol. The Hall–Kier alpha value is -1.80. The van der Waals surface area contributed by atoms with Crippen LogP contribution in [0.15, 0.2) is 42.1 Å². The highest BCUT2D eigenvalue weighted by Gasteiger charge is 2.30. The van der Waals surface area contributed by atoms with Gasteiger partial charge in [0.15, 0.2) is 20.8 Å². The Kier molecular flexibility index (Phi) is 4.96. The summed E-state index contributed by atoms with van der Waals surface area (Å²) in [5, 5.41) is 9.32. The first-order valence-corrected chi connectivity index (χ1v) is 10.3. The minimum atomic E-state index is -2.91. The van der Waals surface area contributed by atoms with E-state index in [-0.39, 0.29) is 16.8 Å². The van der Waals surface area contributed by atoms with E-state index in [1.807, 2.05) is 28.8 Å². The van der Waals surface area contributed by atoms with Gasteiger partial charge in [0.05, 0.1) is 18.6 Å². The third-order valence-corrected chi connectivity index (χ3v) is 7.07. The van der Waals surface area contributed by atoms with Crippen LogP contribution < -0.4 is 4.74 Å². The lowest BCUT2D eigenvalue weighted by Gasteiger charge is -2.10. The van der Waals surface area contributed by atoms with Crippen molar-refractivity contribution in [2.75, 3.05) is 18.6 Å². The van der Waals surface area contributed by atoms with Gasteiger partial charge in [-0.2, -0.15) is 0 Å². The van der Waals surface area contributed by atoms with Crippen LogP contribution in [0.4, 0.5) is 0 Å². The molecule has 1 aromatic carbocycles. The van der Waals surface area contributed by atoms with Crippen LogP contribution in [-0.4, -0.2) is 47.0 Å². The van der Waals surface area contributed by atoms with Gasteiger partial charge in [-0.3, -0.25) is 4.57 Å². The molecule has 1 unspecified atom stereocenters. The molecule has 2 heterocycles. The van der Waals surface area contributed by atoms with Gasteiger partial charge in [-0.1, -0.05) is 17.8 Å². The van der Waals surface area contributed by atoms with Crippen LogP contribution in [0.2, 0.25) is 0 Å². The van der Waals surface area contributed by atoms with E-state index in [0.29, 0.717) is 13.0 Å². The number of methoxy groups -OCH3 is 1. The molecule has 1 fully saturated rings. The average Bonchev–Trinajstić information content (AvgIpc) is 3.12. The number of ether oxygens (including phenoxy) is 1. The fraction of sp³-hybridized carbons (Fsp3) is 0.375. The van der Waals surface area contributed by atoms with Crippen molar-refractivity contribution in [1.29, 1.82) is 0 Å². The van der Waals surface area contributed by atoms with Crippen LogP contribution >= 0.6 is 11.8 Å². The minimum Gasteiger partial charge on any atom is -0.497 e. The molecule has 0 radical (unpaired) electrons. The highest BCUT2D eigenvalue weighted by molar-refractivity contribution is 8.01. The van der Waals surface area contributed by atoms with Gasteiger partial charge in [-0.25, -0.2) is 8.42 Å². The Morgan fingerprint density at radius 3 is 2.71 bits per heavy atom. The highest BCUT2D eigenvalue weighted by Crippen LogP contribution is 2.32. The number of hydrogen-bond donors (Lipinski definition) is 0. The first-order valence-electron chi connectivity index (χ1n) is 7.58. The lowest BCUT2D eigenvalue weighted by molar-refractivity contribution is 0.415. The highest BCUT2D eigenvalue weighted by atomic mass is 32.2. The Balaban J connectivity index is 1.88. The molecule has 0 amide bonds. The van der Waals surface area contributed by atoms with Crippen molar-refractivity contribution in [3.05, 3.63) is 36.9 Å². The number of rotatable bonds is 6. The molecule has 2 aromatic rings. The van der Waals surface area contributed by atoms with Crippen molar-refractivity contribution in [1.82, 2.24) is 14.8 Å². The maximum atomic E-state index is 11.6. The number of sulfone groups is 1. The number of allylic oxidation sites excluding steroid dienone is 1. The first-order chi connectivity index (χ1) is 11.5. The predicted molar refractivity (Wildman–Crippen MR) is 95.1 cm³/mol. The number of hydrogen-bond acceptors (Lipinski definition) is 6. The number of nitrogens with zero attached hydrogens (tertiary/aromatic N) is 3. The molecule has 24 heavy (non-hydrogen) atoms. The average molecular weight is 365 g/mol. The van der Waals surface area contributed by atoms with E-state index in [2.05, 4.69) is 16.8 Å². The predicted octanol–water partition coefficient (Wildman–Crippen LogP) is 2.42. The lowest BCUT2D eigenvalue weighted by Crippen LogP contribution is -2.08. The maximum Gasteiger partial charge on any atom is 0.192 e. The molecule has 0 saturated carbocycles. The van der Waals surface area contributed by atoms with E-state index >= 15 is 0 Å². The zero-order chi connectivity index (χ0) is 17.2. The minimum absolute atomic E-state index is 0.0338. The van der Waals surface area contributed by atoms with E-state index in [4.69, 9.17) is 4.74 Å². The van der Waals surface area contributed by atoms with E-state index in [9.17, 15) is 8.42 Å². The molecule has 1 saturated heterocycles. The van der Waals surface area contributed by atoms with Crippen LogP contribution in [0, 0.1) is 0 Å². The Morgan fingerprint density at radius 1 is 1.38 bits per heavy atom. The molecule has 128 valence electrons. The Labute approximate surface area is 145 Å². The van der Waals surface area contributed by atoms with Crippen LogP contribution in [0.1, 0.15) is 6.42 Å². The summed E-state index contributed by atoms with van der Waals surface area (Å²) in [6.07, 6.45) is 2.44. The molecule has 0 bridgehead atoms. The van der Waals surface area contributed by atoms with E-state index in [1.165, 1.54) is 11.8 Å². The van der Waals surface area contributed by atoms with Gasteiger partial charge in [-0.15, -0.1) is 16.8 Å². The smallest absolute Gasteiger partial charge is 0.192 e. The second-order valence-electron chi connectivity index (χ2n) is 5.58. The van der Waals surface area contributed by atoms with E-state index in [0.717, 1.165) is 22.3 Å². The summed E-state index contributed by atoms with van der Waals surface area (Å²) in [6.45, 7) is 4.36. The number of benzene rings is 1. The molecule has 6 nitrogen and oxygen atoms in total. The molecule has 0 spiro atoms. The molecule has 0 N–H and O–H groups in total. The summed E-state index contributed by atoms with van der Waals surface area (Å²) in [7, 11) is -1.28. The van der Waals surface area contributed by atoms with Crippen molar-refractivity contribution in [2.45, 2.75) is 23.4 Å².